The molecule has 0 heterocycles. The van der Waals surface area contributed by atoms with Crippen molar-refractivity contribution in [3.8, 4) is 5.75 Å². The lowest BCUT2D eigenvalue weighted by molar-refractivity contribution is 0.0827. The average molecular weight is 327 g/mol. The van der Waals surface area contributed by atoms with Crippen LogP contribution in [0.3, 0.4) is 0 Å². The minimum atomic E-state index is -0.406. The number of nitrogens with one attached hydrogen (secondary N) is 2. The summed E-state index contributed by atoms with van der Waals surface area (Å²) in [7, 11) is 3.36. The number of hydrogen-bond acceptors (Lipinski definition) is 3. The number of carbonyl (C=O) groups excluding carboxylic acids is 2. The Balaban J connectivity index is 2.08. The summed E-state index contributed by atoms with van der Waals surface area (Å²) in [5, 5.41) is 5.46. The molecule has 2 aromatic carbocycles. The van der Waals surface area contributed by atoms with Crippen molar-refractivity contribution in [1.29, 1.82) is 0 Å². The Morgan fingerprint density at radius 2 is 1.79 bits per heavy atom. The highest BCUT2D eigenvalue weighted by Crippen LogP contribution is 2.24. The van der Waals surface area contributed by atoms with E-state index in [1.165, 1.54) is 4.90 Å². The molecule has 2 aromatic rings. The fourth-order valence-corrected chi connectivity index (χ4v) is 2.12. The van der Waals surface area contributed by atoms with E-state index in [1.807, 2.05) is 19.1 Å². The molecule has 0 unspecified atom stereocenters. The molecule has 126 valence electrons. The summed E-state index contributed by atoms with van der Waals surface area (Å²) in [5.74, 6) is 0.479. The predicted molar refractivity (Wildman–Crippen MR) is 94.7 cm³/mol. The monoisotopic (exact) mass is 327 g/mol. The van der Waals surface area contributed by atoms with E-state index in [1.54, 1.807) is 50.5 Å². The van der Waals surface area contributed by atoms with Crippen LogP contribution in [0.25, 0.3) is 0 Å². The summed E-state index contributed by atoms with van der Waals surface area (Å²) in [6, 6.07) is 13.6. The first-order valence-electron chi connectivity index (χ1n) is 7.62. The molecule has 0 radical (unpaired) electrons. The first-order chi connectivity index (χ1) is 11.5. The Hall–Kier alpha value is -3.02. The molecule has 0 atom stereocenters. The number of urea groups is 1. The number of ether oxygens (including phenoxy) is 1. The van der Waals surface area contributed by atoms with E-state index in [4.69, 9.17) is 4.74 Å². The maximum atomic E-state index is 12.2. The highest BCUT2D eigenvalue weighted by atomic mass is 16.5. The number of rotatable bonds is 5. The van der Waals surface area contributed by atoms with Crippen LogP contribution in [0.15, 0.2) is 48.5 Å². The number of anilines is 2. The van der Waals surface area contributed by atoms with Crippen LogP contribution in [0, 0.1) is 0 Å². The zero-order valence-corrected chi connectivity index (χ0v) is 14.0. The number of benzene rings is 2. The molecule has 0 bridgehead atoms. The third kappa shape index (κ3) is 4.49. The molecule has 6 nitrogen and oxygen atoms in total. The van der Waals surface area contributed by atoms with Crippen molar-refractivity contribution in [2.75, 3.05) is 31.3 Å². The van der Waals surface area contributed by atoms with E-state index >= 15 is 0 Å². The van der Waals surface area contributed by atoms with Gasteiger partial charge < -0.3 is 20.3 Å². The molecule has 0 saturated carbocycles. The fraction of sp³-hybridized carbons (Fsp3) is 0.222. The van der Waals surface area contributed by atoms with Gasteiger partial charge in [-0.15, -0.1) is 0 Å². The molecule has 3 amide bonds. The highest BCUT2D eigenvalue weighted by molar-refractivity contribution is 6.02. The predicted octanol–water partition coefficient (Wildman–Crippen LogP) is 3.43. The first kappa shape index (κ1) is 17.3. The smallest absolute Gasteiger partial charge is 0.323 e. The van der Waals surface area contributed by atoms with Crippen LogP contribution in [0.1, 0.15) is 17.3 Å². The molecule has 0 spiro atoms. The van der Waals surface area contributed by atoms with Crippen LogP contribution in [0.5, 0.6) is 5.75 Å². The maximum Gasteiger partial charge on any atom is 0.323 e. The number of amides is 3. The van der Waals surface area contributed by atoms with E-state index in [0.29, 0.717) is 29.3 Å². The Morgan fingerprint density at radius 1 is 1.04 bits per heavy atom. The fourth-order valence-electron chi connectivity index (χ4n) is 2.12. The van der Waals surface area contributed by atoms with Crippen molar-refractivity contribution >= 4 is 23.3 Å². The second kappa shape index (κ2) is 8.01. The summed E-state index contributed by atoms with van der Waals surface area (Å²) in [6.07, 6.45) is 0. The first-order valence-corrected chi connectivity index (χ1v) is 7.62. The van der Waals surface area contributed by atoms with E-state index < -0.39 is 6.03 Å². The van der Waals surface area contributed by atoms with Gasteiger partial charge in [0, 0.05) is 25.3 Å². The van der Waals surface area contributed by atoms with Crippen LogP contribution < -0.4 is 15.4 Å². The molecular weight excluding hydrogens is 306 g/mol. The topological polar surface area (TPSA) is 70.7 Å². The van der Waals surface area contributed by atoms with E-state index in [2.05, 4.69) is 10.6 Å². The third-order valence-electron chi connectivity index (χ3n) is 3.21. The summed E-state index contributed by atoms with van der Waals surface area (Å²) < 4.78 is 5.47. The lowest BCUT2D eigenvalue weighted by Gasteiger charge is -2.13. The van der Waals surface area contributed by atoms with Crippen molar-refractivity contribution in [1.82, 2.24) is 4.90 Å². The van der Waals surface area contributed by atoms with Gasteiger partial charge in [0.1, 0.15) is 5.75 Å². The summed E-state index contributed by atoms with van der Waals surface area (Å²) in [4.78, 5) is 25.6. The van der Waals surface area contributed by atoms with Gasteiger partial charge in [-0.3, -0.25) is 4.79 Å². The van der Waals surface area contributed by atoms with E-state index in [0.717, 1.165) is 0 Å². The second-order valence-electron chi connectivity index (χ2n) is 5.29. The van der Waals surface area contributed by atoms with Gasteiger partial charge in [0.05, 0.1) is 12.3 Å². The van der Waals surface area contributed by atoms with Gasteiger partial charge in [-0.25, -0.2) is 4.79 Å². The lowest BCUT2D eigenvalue weighted by atomic mass is 10.2. The zero-order chi connectivity index (χ0) is 17.5. The van der Waals surface area contributed by atoms with Gasteiger partial charge >= 0.3 is 6.03 Å². The Morgan fingerprint density at radius 3 is 2.50 bits per heavy atom. The lowest BCUT2D eigenvalue weighted by Crippen LogP contribution is -2.23. The van der Waals surface area contributed by atoms with E-state index in [-0.39, 0.29) is 5.91 Å². The van der Waals surface area contributed by atoms with Crippen molar-refractivity contribution in [2.24, 2.45) is 0 Å². The molecule has 24 heavy (non-hydrogen) atoms. The van der Waals surface area contributed by atoms with Crippen LogP contribution >= 0.6 is 0 Å². The van der Waals surface area contributed by atoms with Gasteiger partial charge in [-0.05, 0) is 37.3 Å². The Kier molecular flexibility index (Phi) is 5.78. The van der Waals surface area contributed by atoms with Crippen molar-refractivity contribution in [3.63, 3.8) is 0 Å². The number of hydrogen-bond donors (Lipinski definition) is 2. The number of carbonyl (C=O) groups is 2. The molecule has 0 aliphatic carbocycles. The Bertz CT molecular complexity index is 729. The van der Waals surface area contributed by atoms with Crippen LogP contribution in [-0.2, 0) is 0 Å². The average Bonchev–Trinajstić information content (AvgIpc) is 2.56. The minimum absolute atomic E-state index is 0.124. The SMILES string of the molecule is CCOc1ccccc1NC(=O)Nc1cccc(C(=O)N(C)C)c1. The van der Waals surface area contributed by atoms with Gasteiger partial charge in [-0.2, -0.15) is 0 Å². The molecular formula is C18H21N3O3. The zero-order valence-electron chi connectivity index (χ0n) is 14.0. The third-order valence-corrected chi connectivity index (χ3v) is 3.21. The van der Waals surface area contributed by atoms with Gasteiger partial charge in [0.25, 0.3) is 5.91 Å². The Labute approximate surface area is 141 Å². The van der Waals surface area contributed by atoms with Gasteiger partial charge in [0.15, 0.2) is 0 Å². The van der Waals surface area contributed by atoms with Crippen molar-refractivity contribution < 1.29 is 14.3 Å². The van der Waals surface area contributed by atoms with Crippen LogP contribution in [-0.4, -0.2) is 37.5 Å². The molecule has 0 aliphatic heterocycles. The molecule has 0 aromatic heterocycles. The molecule has 0 fully saturated rings. The normalized spacial score (nSPS) is 9.96. The molecule has 0 aliphatic rings. The minimum Gasteiger partial charge on any atom is -0.492 e. The summed E-state index contributed by atoms with van der Waals surface area (Å²) in [6.45, 7) is 2.39. The van der Waals surface area contributed by atoms with E-state index in [9.17, 15) is 9.59 Å². The largest absolute Gasteiger partial charge is 0.492 e. The van der Waals surface area contributed by atoms with Crippen LogP contribution in [0.2, 0.25) is 0 Å². The summed E-state index contributed by atoms with van der Waals surface area (Å²) in [5.41, 5.74) is 1.62. The second-order valence-corrected chi connectivity index (χ2v) is 5.29. The molecule has 2 rings (SSSR count). The molecule has 0 saturated heterocycles. The van der Waals surface area contributed by atoms with Gasteiger partial charge in [-0.1, -0.05) is 18.2 Å². The van der Waals surface area contributed by atoms with Crippen molar-refractivity contribution in [2.45, 2.75) is 6.92 Å². The number of nitrogens with zero attached hydrogens (tertiary/aromatic N) is 1. The van der Waals surface area contributed by atoms with Crippen LogP contribution in [0.4, 0.5) is 16.2 Å². The van der Waals surface area contributed by atoms with Gasteiger partial charge in [0.2, 0.25) is 0 Å². The standard InChI is InChI=1S/C18H21N3O3/c1-4-24-16-11-6-5-10-15(16)20-18(23)19-14-9-7-8-13(12-14)17(22)21(2)3/h5-12H,4H2,1-3H3,(H2,19,20,23). The van der Waals surface area contributed by atoms with Crippen molar-refractivity contribution in [3.05, 3.63) is 54.1 Å². The molecule has 2 N–H and O–H groups in total. The quantitative estimate of drug-likeness (QED) is 0.884. The summed E-state index contributed by atoms with van der Waals surface area (Å²) >= 11 is 0. The molecule has 6 heteroatoms. The highest BCUT2D eigenvalue weighted by Gasteiger charge is 2.11. The maximum absolute atomic E-state index is 12.2. The number of para-hydroxylation sites is 2.